The third-order valence-corrected chi connectivity index (χ3v) is 5.99. The number of ether oxygens (including phenoxy) is 1. The maximum atomic E-state index is 13.1. The zero-order valence-electron chi connectivity index (χ0n) is 17.9. The Bertz CT molecular complexity index is 1400. The summed E-state index contributed by atoms with van der Waals surface area (Å²) in [6.45, 7) is 0.166. The largest absolute Gasteiger partial charge is 0.496 e. The molecule has 0 unspecified atom stereocenters. The molecule has 0 saturated heterocycles. The number of amides is 2. The van der Waals surface area contributed by atoms with Gasteiger partial charge in [-0.25, -0.2) is 4.98 Å². The van der Waals surface area contributed by atoms with Crippen LogP contribution in [0.2, 0.25) is 5.02 Å². The molecule has 0 aliphatic carbocycles. The second-order valence-electron chi connectivity index (χ2n) is 7.02. The van der Waals surface area contributed by atoms with Crippen molar-refractivity contribution in [1.82, 2.24) is 20.4 Å². The Balaban J connectivity index is 1.47. The number of hydrazine groups is 1. The van der Waals surface area contributed by atoms with E-state index in [1.807, 2.05) is 0 Å². The van der Waals surface area contributed by atoms with Crippen molar-refractivity contribution in [1.29, 1.82) is 0 Å². The highest BCUT2D eigenvalue weighted by Crippen LogP contribution is 2.22. The van der Waals surface area contributed by atoms with E-state index in [0.717, 1.165) is 11.8 Å². The first-order valence-corrected chi connectivity index (χ1v) is 11.4. The molecule has 4 rings (SSSR count). The molecule has 34 heavy (non-hydrogen) atoms. The third-order valence-electron chi connectivity index (χ3n) is 4.77. The van der Waals surface area contributed by atoms with Crippen LogP contribution < -0.4 is 21.1 Å². The van der Waals surface area contributed by atoms with Gasteiger partial charge in [-0.15, -0.1) is 0 Å². The summed E-state index contributed by atoms with van der Waals surface area (Å²) >= 11 is 7.01. The van der Waals surface area contributed by atoms with Gasteiger partial charge in [0.15, 0.2) is 5.16 Å². The molecule has 2 amide bonds. The molecule has 174 valence electrons. The standard InChI is InChI=1S/C23H19ClN4O5S/c1-32-19-9-8-14(24)11-17(19)21(30)27-26-20(29)13-34-23-25-18-7-3-2-6-16(18)22(31)28(23)12-15-5-4-10-33-15/h2-11H,12-13H2,1H3,(H,26,29)(H,27,30). The first-order valence-electron chi connectivity index (χ1n) is 10.0. The van der Waals surface area contributed by atoms with Crippen molar-refractivity contribution in [3.8, 4) is 5.75 Å². The number of halogens is 1. The third kappa shape index (κ3) is 5.24. The minimum Gasteiger partial charge on any atom is -0.496 e. The van der Waals surface area contributed by atoms with Crippen LogP contribution in [0, 0.1) is 0 Å². The van der Waals surface area contributed by atoms with E-state index in [-0.39, 0.29) is 23.4 Å². The molecule has 2 aromatic heterocycles. The molecular formula is C23H19ClN4O5S. The summed E-state index contributed by atoms with van der Waals surface area (Å²) < 4.78 is 12.0. The number of fused-ring (bicyclic) bond motifs is 1. The lowest BCUT2D eigenvalue weighted by Gasteiger charge is -2.13. The molecule has 2 heterocycles. The lowest BCUT2D eigenvalue weighted by Crippen LogP contribution is -2.42. The van der Waals surface area contributed by atoms with Gasteiger partial charge >= 0.3 is 0 Å². The fraction of sp³-hybridized carbons (Fsp3) is 0.130. The SMILES string of the molecule is COc1ccc(Cl)cc1C(=O)NNC(=O)CSc1nc2ccccc2c(=O)n1Cc1ccco1. The highest BCUT2D eigenvalue weighted by Gasteiger charge is 2.16. The molecule has 11 heteroatoms. The van der Waals surface area contributed by atoms with Crippen molar-refractivity contribution in [2.45, 2.75) is 11.7 Å². The first-order chi connectivity index (χ1) is 16.5. The van der Waals surface area contributed by atoms with Gasteiger partial charge in [0.1, 0.15) is 11.5 Å². The van der Waals surface area contributed by atoms with E-state index >= 15 is 0 Å². The minimum atomic E-state index is -0.587. The second kappa shape index (κ2) is 10.4. The van der Waals surface area contributed by atoms with E-state index in [2.05, 4.69) is 15.8 Å². The zero-order chi connectivity index (χ0) is 24.1. The number of aromatic nitrogens is 2. The van der Waals surface area contributed by atoms with E-state index in [9.17, 15) is 14.4 Å². The van der Waals surface area contributed by atoms with Crippen LogP contribution in [0.25, 0.3) is 10.9 Å². The Hall–Kier alpha value is -3.76. The summed E-state index contributed by atoms with van der Waals surface area (Å²) in [4.78, 5) is 42.5. The smallest absolute Gasteiger partial charge is 0.273 e. The van der Waals surface area contributed by atoms with Gasteiger partial charge in [0.2, 0.25) is 5.91 Å². The van der Waals surface area contributed by atoms with Crippen LogP contribution in [-0.4, -0.2) is 34.2 Å². The summed E-state index contributed by atoms with van der Waals surface area (Å²) in [5.74, 6) is -0.292. The molecule has 0 atom stereocenters. The highest BCUT2D eigenvalue weighted by molar-refractivity contribution is 7.99. The van der Waals surface area contributed by atoms with Crippen LogP contribution in [0.1, 0.15) is 16.1 Å². The fourth-order valence-electron chi connectivity index (χ4n) is 3.17. The van der Waals surface area contributed by atoms with Crippen molar-refractivity contribution < 1.29 is 18.7 Å². The molecule has 9 nitrogen and oxygen atoms in total. The average Bonchev–Trinajstić information content (AvgIpc) is 3.36. The number of rotatable bonds is 7. The molecule has 2 aromatic carbocycles. The maximum Gasteiger partial charge on any atom is 0.273 e. The van der Waals surface area contributed by atoms with E-state index in [0.29, 0.717) is 32.6 Å². The number of carbonyl (C=O) groups is 2. The van der Waals surface area contributed by atoms with Crippen LogP contribution in [0.15, 0.2) is 75.2 Å². The Morgan fingerprint density at radius 1 is 1.15 bits per heavy atom. The van der Waals surface area contributed by atoms with Crippen LogP contribution in [0.4, 0.5) is 0 Å². The Morgan fingerprint density at radius 2 is 1.97 bits per heavy atom. The van der Waals surface area contributed by atoms with E-state index in [1.54, 1.807) is 48.5 Å². The first kappa shape index (κ1) is 23.4. The molecular weight excluding hydrogens is 480 g/mol. The number of hydrogen-bond acceptors (Lipinski definition) is 7. The number of methoxy groups -OCH3 is 1. The van der Waals surface area contributed by atoms with Crippen LogP contribution in [-0.2, 0) is 11.3 Å². The van der Waals surface area contributed by atoms with E-state index < -0.39 is 11.8 Å². The van der Waals surface area contributed by atoms with Crippen molar-refractivity contribution >= 4 is 46.1 Å². The summed E-state index contributed by atoms with van der Waals surface area (Å²) in [7, 11) is 1.42. The summed E-state index contributed by atoms with van der Waals surface area (Å²) in [5.41, 5.74) is 5.13. The van der Waals surface area contributed by atoms with Gasteiger partial charge in [-0.3, -0.25) is 29.8 Å². The fourth-order valence-corrected chi connectivity index (χ4v) is 4.14. The lowest BCUT2D eigenvalue weighted by molar-refractivity contribution is -0.119. The molecule has 0 radical (unpaired) electrons. The number of furan rings is 1. The monoisotopic (exact) mass is 498 g/mol. The van der Waals surface area contributed by atoms with Gasteiger partial charge in [0.25, 0.3) is 11.5 Å². The van der Waals surface area contributed by atoms with Gasteiger partial charge in [0.05, 0.1) is 42.1 Å². The predicted molar refractivity (Wildman–Crippen MR) is 128 cm³/mol. The minimum absolute atomic E-state index is 0.101. The Labute approximate surface area is 203 Å². The second-order valence-corrected chi connectivity index (χ2v) is 8.40. The Morgan fingerprint density at radius 3 is 2.74 bits per heavy atom. The van der Waals surface area contributed by atoms with E-state index in [1.165, 1.54) is 24.0 Å². The normalized spacial score (nSPS) is 10.8. The zero-order valence-corrected chi connectivity index (χ0v) is 19.5. The summed E-state index contributed by atoms with van der Waals surface area (Å²) in [5, 5.41) is 1.16. The van der Waals surface area contributed by atoms with Gasteiger partial charge in [0, 0.05) is 5.02 Å². The summed E-state index contributed by atoms with van der Waals surface area (Å²) in [6.07, 6.45) is 1.52. The molecule has 4 aromatic rings. The number of carbonyl (C=O) groups excluding carboxylic acids is 2. The van der Waals surface area contributed by atoms with Crippen molar-refractivity contribution in [2.75, 3.05) is 12.9 Å². The molecule has 0 aliphatic heterocycles. The van der Waals surface area contributed by atoms with E-state index in [4.69, 9.17) is 20.8 Å². The summed E-state index contributed by atoms with van der Waals surface area (Å²) in [6, 6.07) is 15.0. The molecule has 0 spiro atoms. The van der Waals surface area contributed by atoms with Gasteiger partial charge in [-0.1, -0.05) is 35.5 Å². The van der Waals surface area contributed by atoms with Crippen LogP contribution >= 0.6 is 23.4 Å². The topological polar surface area (TPSA) is 115 Å². The number of para-hydroxylation sites is 1. The van der Waals surface area contributed by atoms with Crippen molar-refractivity contribution in [3.05, 3.63) is 87.6 Å². The van der Waals surface area contributed by atoms with Gasteiger partial charge < -0.3 is 9.15 Å². The maximum absolute atomic E-state index is 13.1. The number of nitrogens with one attached hydrogen (secondary N) is 2. The molecule has 0 bridgehead atoms. The number of thioether (sulfide) groups is 1. The van der Waals surface area contributed by atoms with Crippen LogP contribution in [0.5, 0.6) is 5.75 Å². The molecule has 0 aliphatic rings. The lowest BCUT2D eigenvalue weighted by atomic mass is 10.2. The number of nitrogens with zero attached hydrogens (tertiary/aromatic N) is 2. The van der Waals surface area contributed by atoms with Gasteiger partial charge in [-0.2, -0.15) is 0 Å². The van der Waals surface area contributed by atoms with Crippen LogP contribution in [0.3, 0.4) is 0 Å². The van der Waals surface area contributed by atoms with Gasteiger partial charge in [-0.05, 0) is 42.5 Å². The number of benzene rings is 2. The Kier molecular flexibility index (Phi) is 7.19. The molecule has 0 fully saturated rings. The molecule has 2 N–H and O–H groups in total. The van der Waals surface area contributed by atoms with Crippen molar-refractivity contribution in [2.24, 2.45) is 0 Å². The highest BCUT2D eigenvalue weighted by atomic mass is 35.5. The molecule has 0 saturated carbocycles. The number of hydrogen-bond donors (Lipinski definition) is 2. The van der Waals surface area contributed by atoms with Crippen molar-refractivity contribution in [3.63, 3.8) is 0 Å². The quantitative estimate of drug-likeness (QED) is 0.228. The average molecular weight is 499 g/mol. The predicted octanol–water partition coefficient (Wildman–Crippen LogP) is 3.25.